The topological polar surface area (TPSA) is 71.3 Å². The molecule has 2 aliphatic heterocycles. The first-order valence-electron chi connectivity index (χ1n) is 9.56. The van der Waals surface area contributed by atoms with Crippen molar-refractivity contribution in [3.8, 4) is 0 Å². The number of hydrogen-bond acceptors (Lipinski definition) is 5. The molecule has 28 heavy (non-hydrogen) atoms. The number of ether oxygens (including phenoxy) is 1. The van der Waals surface area contributed by atoms with E-state index in [1.165, 1.54) is 6.07 Å². The quantitative estimate of drug-likeness (QED) is 0.715. The van der Waals surface area contributed by atoms with Gasteiger partial charge in [0, 0.05) is 12.1 Å². The molecule has 8 heteroatoms. The molecule has 0 amide bonds. The Labute approximate surface area is 166 Å². The van der Waals surface area contributed by atoms with Gasteiger partial charge >= 0.3 is 5.97 Å². The van der Waals surface area contributed by atoms with Crippen molar-refractivity contribution < 1.29 is 18.1 Å². The number of fused-ring (bicyclic) bond motifs is 1. The molecule has 0 fully saturated rings. The van der Waals surface area contributed by atoms with Crippen LogP contribution in [0.2, 0.25) is 0 Å². The Hall–Kier alpha value is -1.96. The van der Waals surface area contributed by atoms with E-state index in [9.17, 15) is 13.4 Å². The summed E-state index contributed by atoms with van der Waals surface area (Å²) in [4.78, 5) is 17.2. The Bertz CT molecular complexity index is 916. The summed E-state index contributed by atoms with van der Waals surface area (Å²) in [7, 11) is -2.83. The van der Waals surface area contributed by atoms with Gasteiger partial charge in [0.15, 0.2) is 0 Å². The van der Waals surface area contributed by atoms with Crippen LogP contribution in [-0.4, -0.2) is 44.8 Å². The predicted octanol–water partition coefficient (Wildman–Crippen LogP) is 3.66. The molecule has 0 N–H and O–H groups in total. The second kappa shape index (κ2) is 7.46. The molecule has 1 aromatic rings. The van der Waals surface area contributed by atoms with Crippen LogP contribution in [-0.2, 0) is 25.0 Å². The fourth-order valence-electron chi connectivity index (χ4n) is 3.61. The highest BCUT2D eigenvalue weighted by atomic mass is 32.2. The van der Waals surface area contributed by atoms with Crippen LogP contribution in [0.1, 0.15) is 52.5 Å². The van der Waals surface area contributed by atoms with E-state index in [4.69, 9.17) is 9.73 Å². The molecule has 2 heterocycles. The highest BCUT2D eigenvalue weighted by Gasteiger charge is 2.43. The number of esters is 1. The maximum atomic E-state index is 14.6. The number of benzene rings is 1. The van der Waals surface area contributed by atoms with E-state index >= 15 is 0 Å². The fraction of sp³-hybridized carbons (Fsp3) is 0.600. The van der Waals surface area contributed by atoms with Crippen LogP contribution < -0.4 is 0 Å². The van der Waals surface area contributed by atoms with E-state index in [0.29, 0.717) is 24.5 Å². The number of hydrogen-bond donors (Lipinski definition) is 0. The van der Waals surface area contributed by atoms with Crippen molar-refractivity contribution in [1.29, 1.82) is 0 Å². The lowest BCUT2D eigenvalue weighted by Gasteiger charge is -2.39. The van der Waals surface area contributed by atoms with Gasteiger partial charge < -0.3 is 4.74 Å². The normalized spacial score (nSPS) is 27.9. The van der Waals surface area contributed by atoms with Crippen LogP contribution in [0.5, 0.6) is 0 Å². The van der Waals surface area contributed by atoms with E-state index in [2.05, 4.69) is 4.36 Å². The summed E-state index contributed by atoms with van der Waals surface area (Å²) >= 11 is 0. The first-order valence-corrected chi connectivity index (χ1v) is 11.2. The van der Waals surface area contributed by atoms with Gasteiger partial charge in [-0.3, -0.25) is 14.1 Å². The van der Waals surface area contributed by atoms with Crippen molar-refractivity contribution in [3.63, 3.8) is 0 Å². The lowest BCUT2D eigenvalue weighted by Crippen LogP contribution is -2.50. The minimum Gasteiger partial charge on any atom is -0.460 e. The van der Waals surface area contributed by atoms with Gasteiger partial charge in [-0.25, -0.2) is 13.0 Å². The van der Waals surface area contributed by atoms with Crippen molar-refractivity contribution >= 4 is 21.7 Å². The zero-order valence-corrected chi connectivity index (χ0v) is 17.7. The molecule has 1 unspecified atom stereocenters. The van der Waals surface area contributed by atoms with Crippen molar-refractivity contribution in [3.05, 3.63) is 35.6 Å². The van der Waals surface area contributed by atoms with Gasteiger partial charge in [0.2, 0.25) is 0 Å². The Morgan fingerprint density at radius 3 is 2.71 bits per heavy atom. The maximum absolute atomic E-state index is 14.6. The highest BCUT2D eigenvalue weighted by molar-refractivity contribution is 7.92. The molecule has 6 nitrogen and oxygen atoms in total. The number of carbonyl (C=O) groups excluding carboxylic acids is 1. The van der Waals surface area contributed by atoms with Crippen LogP contribution in [0.15, 0.2) is 33.6 Å². The molecule has 0 saturated heterocycles. The van der Waals surface area contributed by atoms with Gasteiger partial charge in [0.05, 0.1) is 12.3 Å². The summed E-state index contributed by atoms with van der Waals surface area (Å²) in [5.41, 5.74) is -1.34. The van der Waals surface area contributed by atoms with E-state index in [1.54, 1.807) is 50.2 Å². The second-order valence-electron chi connectivity index (χ2n) is 8.46. The molecule has 0 bridgehead atoms. The molecule has 154 valence electrons. The zero-order valence-electron chi connectivity index (χ0n) is 16.9. The highest BCUT2D eigenvalue weighted by Crippen LogP contribution is 2.36. The average Bonchev–Trinajstić information content (AvgIpc) is 2.74. The van der Waals surface area contributed by atoms with Crippen molar-refractivity contribution in [1.82, 2.24) is 4.31 Å². The third-order valence-corrected chi connectivity index (χ3v) is 7.32. The average molecular weight is 410 g/mol. The summed E-state index contributed by atoms with van der Waals surface area (Å²) in [6.07, 6.45) is 1.52. The van der Waals surface area contributed by atoms with E-state index < -0.39 is 32.8 Å². The molecule has 0 radical (unpaired) electrons. The summed E-state index contributed by atoms with van der Waals surface area (Å²) in [6, 6.07) is 6.36. The van der Waals surface area contributed by atoms with Crippen molar-refractivity contribution in [2.24, 2.45) is 9.36 Å². The van der Waals surface area contributed by atoms with Gasteiger partial charge in [0.25, 0.3) is 0 Å². The zero-order chi connectivity index (χ0) is 20.6. The standard InChI is InChI=1S/C20H28FN3O3S/c1-19(2,3)27-18(25)13-17-23-20(4,15-9-5-6-10-16(15)21)14-28(26)22-11-7-8-12-24(17)28/h5-6,9-10H,7-8,11-14H2,1-4H3/t20-,28?/m0/s1. The van der Waals surface area contributed by atoms with Gasteiger partial charge in [-0.15, -0.1) is 0 Å². The molecule has 0 spiro atoms. The Morgan fingerprint density at radius 1 is 1.32 bits per heavy atom. The first kappa shape index (κ1) is 20.8. The van der Waals surface area contributed by atoms with E-state index in [-0.39, 0.29) is 12.2 Å². The monoisotopic (exact) mass is 409 g/mol. The maximum Gasteiger partial charge on any atom is 0.313 e. The molecule has 2 aliphatic rings. The third-order valence-electron chi connectivity index (χ3n) is 4.72. The number of aliphatic imine (C=N–C) groups is 1. The minimum atomic E-state index is -2.83. The molecule has 2 atom stereocenters. The molecular formula is C20H28FN3O3S. The SMILES string of the molecule is CC(C)(C)OC(=O)CC1=N[C@](C)(c2ccccc2F)CS2(=O)=NCCCCN12. The lowest BCUT2D eigenvalue weighted by molar-refractivity contribution is -0.153. The van der Waals surface area contributed by atoms with E-state index in [0.717, 1.165) is 12.8 Å². The Morgan fingerprint density at radius 2 is 2.04 bits per heavy atom. The molecule has 0 aromatic heterocycles. The number of amidine groups is 1. The van der Waals surface area contributed by atoms with Gasteiger partial charge in [-0.1, -0.05) is 18.2 Å². The van der Waals surface area contributed by atoms with Crippen LogP contribution in [0.3, 0.4) is 0 Å². The van der Waals surface area contributed by atoms with E-state index in [1.807, 2.05) is 0 Å². The van der Waals surface area contributed by atoms with Crippen molar-refractivity contribution in [2.45, 2.75) is 58.1 Å². The summed E-state index contributed by atoms with van der Waals surface area (Å²) in [6.45, 7) is 8.13. The molecular weight excluding hydrogens is 381 g/mol. The number of halogens is 1. The Balaban J connectivity index is 2.07. The summed E-state index contributed by atoms with van der Waals surface area (Å²) in [5.74, 6) is -0.397. The predicted molar refractivity (Wildman–Crippen MR) is 108 cm³/mol. The lowest BCUT2D eigenvalue weighted by atomic mass is 9.94. The molecule has 3 rings (SSSR count). The van der Waals surface area contributed by atoms with Crippen LogP contribution in [0.25, 0.3) is 0 Å². The number of nitrogens with zero attached hydrogens (tertiary/aromatic N) is 3. The molecule has 0 aliphatic carbocycles. The molecule has 0 saturated carbocycles. The minimum absolute atomic E-state index is 0.0960. The van der Waals surface area contributed by atoms with Gasteiger partial charge in [0.1, 0.15) is 39.1 Å². The third kappa shape index (κ3) is 4.37. The fourth-order valence-corrected chi connectivity index (χ4v) is 6.22. The van der Waals surface area contributed by atoms with Crippen LogP contribution >= 0.6 is 0 Å². The van der Waals surface area contributed by atoms with Gasteiger partial charge in [-0.05, 0) is 46.6 Å². The number of rotatable bonds is 3. The van der Waals surface area contributed by atoms with Gasteiger partial charge in [-0.2, -0.15) is 0 Å². The summed E-state index contributed by atoms with van der Waals surface area (Å²) in [5, 5.41) is 0. The summed E-state index contributed by atoms with van der Waals surface area (Å²) < 4.78 is 39.9. The molecule has 1 aromatic carbocycles. The Kier molecular flexibility index (Phi) is 5.53. The number of carbonyl (C=O) groups is 1. The van der Waals surface area contributed by atoms with Crippen LogP contribution in [0, 0.1) is 5.82 Å². The van der Waals surface area contributed by atoms with Crippen LogP contribution in [0.4, 0.5) is 4.39 Å². The smallest absolute Gasteiger partial charge is 0.313 e. The van der Waals surface area contributed by atoms with Crippen molar-refractivity contribution in [2.75, 3.05) is 18.8 Å². The first-order chi connectivity index (χ1) is 13.0. The largest absolute Gasteiger partial charge is 0.460 e. The second-order valence-corrected chi connectivity index (χ2v) is 10.7.